The van der Waals surface area contributed by atoms with E-state index in [1.807, 2.05) is 37.3 Å². The third kappa shape index (κ3) is 4.02. The summed E-state index contributed by atoms with van der Waals surface area (Å²) in [5.74, 6) is 0.890. The van der Waals surface area contributed by atoms with Crippen molar-refractivity contribution in [1.82, 2.24) is 14.5 Å². The number of aliphatic hydroxyl groups is 2. The Bertz CT molecular complexity index is 762. The molecule has 0 aliphatic heterocycles. The molecular weight excluding hydrogens is 300 g/mol. The van der Waals surface area contributed by atoms with Crippen LogP contribution < -0.4 is 29.6 Å². The van der Waals surface area contributed by atoms with E-state index in [-0.39, 0.29) is 44.6 Å². The molecule has 0 amide bonds. The maximum Gasteiger partial charge on any atom is 1.00 e. The Labute approximate surface area is 159 Å². The van der Waals surface area contributed by atoms with Crippen LogP contribution in [0, 0.1) is 6.92 Å². The van der Waals surface area contributed by atoms with Crippen molar-refractivity contribution in [2.75, 3.05) is 6.61 Å². The molecule has 1 atom stereocenters. The molecule has 0 aliphatic rings. The van der Waals surface area contributed by atoms with Gasteiger partial charge in [0.25, 0.3) is 0 Å². The average molecular weight is 317 g/mol. The van der Waals surface area contributed by atoms with Crippen LogP contribution in [0.4, 0.5) is 0 Å². The first-order valence-corrected chi connectivity index (χ1v) is 6.89. The average Bonchev–Trinajstić information content (AvgIpc) is 2.83. The van der Waals surface area contributed by atoms with Gasteiger partial charge in [0.2, 0.25) is 0 Å². The molecule has 0 aliphatic carbocycles. The maximum atomic E-state index is 9.88. The van der Waals surface area contributed by atoms with Gasteiger partial charge in [-0.1, -0.05) is 12.1 Å². The van der Waals surface area contributed by atoms with Crippen molar-refractivity contribution < 1.29 is 39.8 Å². The Hall–Kier alpha value is -1.18. The van der Waals surface area contributed by atoms with Crippen LogP contribution in [0.3, 0.4) is 0 Å². The van der Waals surface area contributed by atoms with Crippen molar-refractivity contribution in [2.24, 2.45) is 0 Å². The number of hydrogen-bond donors (Lipinski definition) is 2. The van der Waals surface area contributed by atoms with E-state index in [0.29, 0.717) is 6.42 Å². The number of nitrogens with zero attached hydrogens (tertiary/aromatic N) is 3. The van der Waals surface area contributed by atoms with E-state index in [1.165, 1.54) is 0 Å². The normalized spacial score (nSPS) is 11.6. The topological polar surface area (TPSA) is 71.2 Å². The van der Waals surface area contributed by atoms with Crippen LogP contribution in [0.25, 0.3) is 16.7 Å². The zero-order chi connectivity index (χ0) is 14.8. The summed E-state index contributed by atoms with van der Waals surface area (Å²) < 4.78 is 2.05. The molecule has 0 bridgehead atoms. The maximum absolute atomic E-state index is 9.88. The molecule has 0 saturated carbocycles. The Morgan fingerprint density at radius 1 is 1.17 bits per heavy atom. The van der Waals surface area contributed by atoms with Crippen molar-refractivity contribution in [3.8, 4) is 5.69 Å². The first-order chi connectivity index (χ1) is 10.2. The summed E-state index contributed by atoms with van der Waals surface area (Å²) in [6.07, 6.45) is 3.21. The minimum atomic E-state index is -0.631. The second-order valence-corrected chi connectivity index (χ2v) is 4.98. The number of aryl methyl sites for hydroxylation is 1. The number of pyridine rings is 1. The molecule has 7 heteroatoms. The molecule has 23 heavy (non-hydrogen) atoms. The van der Waals surface area contributed by atoms with E-state index in [9.17, 15) is 5.11 Å². The smallest absolute Gasteiger partial charge is 1.00 e. The Balaban J connectivity index is 0.00000132. The fraction of sp³-hybridized carbons (Fsp3) is 0.250. The predicted molar refractivity (Wildman–Crippen MR) is 86.0 cm³/mol. The number of imidazole rings is 1. The molecule has 0 spiro atoms. The molecule has 5 nitrogen and oxygen atoms in total. The summed E-state index contributed by atoms with van der Waals surface area (Å²) in [5, 5.41) is 18.8. The van der Waals surface area contributed by atoms with Crippen molar-refractivity contribution in [3.05, 3.63) is 54.1 Å². The summed E-state index contributed by atoms with van der Waals surface area (Å²) in [4.78, 5) is 8.58. The van der Waals surface area contributed by atoms with E-state index in [2.05, 4.69) is 14.5 Å². The standard InChI is InChI=1S/C16H17N3O2.B.Na/c1-11-18-14-10-17-8-6-15(14)19(11)13-4-2-12(3-5-13)16(21)7-9-20;;/h2-6,8,10,16,20-21H,7,9H2,1H3;;/q;-1;+1. The summed E-state index contributed by atoms with van der Waals surface area (Å²) in [7, 11) is 0. The molecule has 3 rings (SSSR count). The summed E-state index contributed by atoms with van der Waals surface area (Å²) in [5.41, 5.74) is 3.66. The fourth-order valence-electron chi connectivity index (χ4n) is 2.51. The molecule has 1 aromatic carbocycles. The Morgan fingerprint density at radius 2 is 1.87 bits per heavy atom. The third-order valence-corrected chi connectivity index (χ3v) is 3.56. The second-order valence-electron chi connectivity index (χ2n) is 4.98. The van der Waals surface area contributed by atoms with Crippen LogP contribution in [0.15, 0.2) is 42.7 Å². The molecule has 4 radical (unpaired) electrons. The minimum Gasteiger partial charge on any atom is -1.00 e. The molecule has 2 N–H and O–H groups in total. The van der Waals surface area contributed by atoms with Gasteiger partial charge in [-0.25, -0.2) is 4.98 Å². The first-order valence-electron chi connectivity index (χ1n) is 6.89. The number of hydrogen-bond acceptors (Lipinski definition) is 4. The van der Waals surface area contributed by atoms with Crippen LogP contribution in [0.2, 0.25) is 0 Å². The van der Waals surface area contributed by atoms with Gasteiger partial charge in [-0.2, -0.15) is 0 Å². The largest absolute Gasteiger partial charge is 1.00 e. The number of rotatable bonds is 4. The molecule has 0 fully saturated rings. The monoisotopic (exact) mass is 317 g/mol. The van der Waals surface area contributed by atoms with Gasteiger partial charge < -0.3 is 18.6 Å². The van der Waals surface area contributed by atoms with Gasteiger partial charge in [0.15, 0.2) is 0 Å². The quantitative estimate of drug-likeness (QED) is 0.591. The van der Waals surface area contributed by atoms with Crippen molar-refractivity contribution in [2.45, 2.75) is 19.4 Å². The van der Waals surface area contributed by atoms with Gasteiger partial charge in [-0.05, 0) is 30.7 Å². The summed E-state index contributed by atoms with van der Waals surface area (Å²) >= 11 is 0. The second kappa shape index (κ2) is 8.61. The molecule has 3 aromatic rings. The van der Waals surface area contributed by atoms with Gasteiger partial charge in [0, 0.05) is 24.9 Å². The van der Waals surface area contributed by atoms with Crippen LogP contribution in [-0.4, -0.2) is 39.8 Å². The SMILES string of the molecule is Cc1nc2cnccc2n1-c1ccc(C(O)CCO)cc1.[B-].[Na+]. The van der Waals surface area contributed by atoms with E-state index < -0.39 is 6.10 Å². The number of aromatic nitrogens is 3. The van der Waals surface area contributed by atoms with Crippen LogP contribution in [0.1, 0.15) is 23.9 Å². The van der Waals surface area contributed by atoms with E-state index in [1.54, 1.807) is 12.4 Å². The zero-order valence-electron chi connectivity index (χ0n) is 13.3. The molecule has 1 unspecified atom stereocenters. The Kier molecular flexibility index (Phi) is 7.44. The predicted octanol–water partition coefficient (Wildman–Crippen LogP) is -1.23. The molecule has 112 valence electrons. The van der Waals surface area contributed by atoms with Crippen molar-refractivity contribution in [3.63, 3.8) is 0 Å². The van der Waals surface area contributed by atoms with Gasteiger partial charge in [-0.3, -0.25) is 9.55 Å². The summed E-state index contributed by atoms with van der Waals surface area (Å²) in [6, 6.07) is 9.59. The van der Waals surface area contributed by atoms with Crippen LogP contribution in [0.5, 0.6) is 0 Å². The van der Waals surface area contributed by atoms with Gasteiger partial charge in [0.05, 0.1) is 17.8 Å². The van der Waals surface area contributed by atoms with Gasteiger partial charge in [-0.15, -0.1) is 0 Å². The minimum absolute atomic E-state index is 0. The van der Waals surface area contributed by atoms with Crippen LogP contribution in [-0.2, 0) is 0 Å². The molecular formula is C16H17BN3NaO2. The number of fused-ring (bicyclic) bond motifs is 1. The van der Waals surface area contributed by atoms with E-state index >= 15 is 0 Å². The fourth-order valence-corrected chi connectivity index (χ4v) is 2.51. The summed E-state index contributed by atoms with van der Waals surface area (Å²) in [6.45, 7) is 1.93. The molecule has 0 saturated heterocycles. The first kappa shape index (κ1) is 19.9. The van der Waals surface area contributed by atoms with Gasteiger partial charge in [0.1, 0.15) is 11.3 Å². The van der Waals surface area contributed by atoms with Crippen molar-refractivity contribution in [1.29, 1.82) is 0 Å². The van der Waals surface area contributed by atoms with E-state index in [4.69, 9.17) is 5.11 Å². The van der Waals surface area contributed by atoms with Crippen LogP contribution >= 0.6 is 0 Å². The van der Waals surface area contributed by atoms with Crippen molar-refractivity contribution >= 4 is 19.4 Å². The number of aliphatic hydroxyl groups excluding tert-OH is 2. The molecule has 2 aromatic heterocycles. The van der Waals surface area contributed by atoms with E-state index in [0.717, 1.165) is 28.1 Å². The zero-order valence-corrected chi connectivity index (χ0v) is 15.3. The third-order valence-electron chi connectivity index (χ3n) is 3.56. The number of benzene rings is 1. The van der Waals surface area contributed by atoms with Gasteiger partial charge >= 0.3 is 29.6 Å². The Morgan fingerprint density at radius 3 is 2.52 bits per heavy atom. The molecule has 2 heterocycles.